The first-order valence-corrected chi connectivity index (χ1v) is 10.5. The third kappa shape index (κ3) is 3.64. The van der Waals surface area contributed by atoms with Gasteiger partial charge in [-0.15, -0.1) is 11.3 Å². The summed E-state index contributed by atoms with van der Waals surface area (Å²) in [7, 11) is 1.39. The molecule has 0 radical (unpaired) electrons. The maximum absolute atomic E-state index is 13.0. The van der Waals surface area contributed by atoms with Gasteiger partial charge in [-0.25, -0.2) is 4.98 Å². The number of esters is 1. The molecule has 0 saturated carbocycles. The Balaban J connectivity index is 1.60. The Kier molecular flexibility index (Phi) is 5.35. The highest BCUT2D eigenvalue weighted by Crippen LogP contribution is 2.47. The molecule has 0 aliphatic carbocycles. The molecule has 1 aromatic carbocycles. The van der Waals surface area contributed by atoms with Crippen molar-refractivity contribution in [1.82, 2.24) is 9.88 Å². The lowest BCUT2D eigenvalue weighted by Crippen LogP contribution is -2.40. The fourth-order valence-electron chi connectivity index (χ4n) is 4.15. The van der Waals surface area contributed by atoms with Gasteiger partial charge in [0.1, 0.15) is 9.34 Å². The number of carbonyl (C=O) groups excluding carboxylic acids is 2. The number of thiazole rings is 1. The number of methoxy groups -OCH3 is 1. The quantitative estimate of drug-likeness (QED) is 0.684. The highest BCUT2D eigenvalue weighted by Gasteiger charge is 2.49. The lowest BCUT2D eigenvalue weighted by molar-refractivity contribution is -0.141. The highest BCUT2D eigenvalue weighted by atomic mass is 35.5. The van der Waals surface area contributed by atoms with E-state index < -0.39 is 0 Å². The van der Waals surface area contributed by atoms with Crippen LogP contribution in [0.15, 0.2) is 24.4 Å². The second kappa shape index (κ2) is 7.63. The lowest BCUT2D eigenvalue weighted by atomic mass is 9.81. The number of hydrogen-bond donors (Lipinski definition) is 0. The number of anilines is 1. The van der Waals surface area contributed by atoms with Gasteiger partial charge in [0.2, 0.25) is 5.91 Å². The molecule has 1 unspecified atom stereocenters. The zero-order chi connectivity index (χ0) is 19.9. The van der Waals surface area contributed by atoms with Gasteiger partial charge in [-0.3, -0.25) is 14.5 Å². The van der Waals surface area contributed by atoms with Gasteiger partial charge in [0.05, 0.1) is 26.3 Å². The molecule has 0 N–H and O–H groups in total. The summed E-state index contributed by atoms with van der Waals surface area (Å²) in [5, 5.41) is 1.34. The van der Waals surface area contributed by atoms with Crippen molar-refractivity contribution in [1.29, 1.82) is 0 Å². The van der Waals surface area contributed by atoms with E-state index in [-0.39, 0.29) is 30.3 Å². The largest absolute Gasteiger partial charge is 0.468 e. The number of rotatable bonds is 4. The Bertz CT molecular complexity index is 935. The van der Waals surface area contributed by atoms with Crippen molar-refractivity contribution in [2.24, 2.45) is 0 Å². The molecule has 3 heterocycles. The minimum absolute atomic E-state index is 0.0158. The van der Waals surface area contributed by atoms with Crippen LogP contribution in [0.3, 0.4) is 0 Å². The number of benzene rings is 1. The van der Waals surface area contributed by atoms with Gasteiger partial charge in [0.15, 0.2) is 0 Å². The van der Waals surface area contributed by atoms with E-state index in [0.717, 1.165) is 24.2 Å². The van der Waals surface area contributed by atoms with Crippen molar-refractivity contribution in [3.05, 3.63) is 44.3 Å². The number of fused-ring (bicyclic) bond motifs is 2. The smallest absolute Gasteiger partial charge is 0.319 e. The summed E-state index contributed by atoms with van der Waals surface area (Å²) >= 11 is 13.5. The standard InChI is InChI=1S/C19H19Cl2N3O3S/c1-27-18(26)9-23-5-4-19(10-23)11-24(14-3-2-12(20)6-13(14)19)17(25)7-16-22-8-15(21)28-16/h2-3,6,8H,4-5,7,9-11H2,1H3. The maximum Gasteiger partial charge on any atom is 0.319 e. The van der Waals surface area contributed by atoms with Crippen molar-refractivity contribution < 1.29 is 14.3 Å². The molecular weight excluding hydrogens is 421 g/mol. The van der Waals surface area contributed by atoms with Gasteiger partial charge in [0.25, 0.3) is 0 Å². The Morgan fingerprint density at radius 1 is 1.32 bits per heavy atom. The molecule has 1 fully saturated rings. The van der Waals surface area contributed by atoms with Crippen LogP contribution in [0, 0.1) is 0 Å². The lowest BCUT2D eigenvalue weighted by Gasteiger charge is -2.25. The SMILES string of the molecule is COC(=O)CN1CCC2(C1)CN(C(=O)Cc1ncc(Cl)s1)c1ccc(Cl)cc12. The number of aromatic nitrogens is 1. The summed E-state index contributed by atoms with van der Waals surface area (Å²) in [6.45, 7) is 2.27. The van der Waals surface area contributed by atoms with Crippen molar-refractivity contribution in [2.75, 3.05) is 38.2 Å². The van der Waals surface area contributed by atoms with E-state index in [9.17, 15) is 9.59 Å². The Morgan fingerprint density at radius 2 is 2.14 bits per heavy atom. The van der Waals surface area contributed by atoms with Crippen LogP contribution in [-0.2, 0) is 26.2 Å². The number of nitrogens with zero attached hydrogens (tertiary/aromatic N) is 3. The Morgan fingerprint density at radius 3 is 2.86 bits per heavy atom. The molecule has 9 heteroatoms. The molecule has 6 nitrogen and oxygen atoms in total. The zero-order valence-electron chi connectivity index (χ0n) is 15.3. The van der Waals surface area contributed by atoms with Crippen LogP contribution < -0.4 is 4.90 Å². The summed E-state index contributed by atoms with van der Waals surface area (Å²) in [5.74, 6) is -0.271. The molecular formula is C19H19Cl2N3O3S. The topological polar surface area (TPSA) is 62.7 Å². The number of amides is 1. The van der Waals surface area contributed by atoms with Gasteiger partial charge in [-0.2, -0.15) is 0 Å². The number of halogens is 2. The molecule has 4 rings (SSSR count). The summed E-state index contributed by atoms with van der Waals surface area (Å²) in [6.07, 6.45) is 2.63. The van der Waals surface area contributed by atoms with Crippen LogP contribution in [0.25, 0.3) is 0 Å². The Hall–Kier alpha value is -1.67. The van der Waals surface area contributed by atoms with Gasteiger partial charge in [0, 0.05) is 29.2 Å². The number of carbonyl (C=O) groups is 2. The summed E-state index contributed by atoms with van der Waals surface area (Å²) < 4.78 is 5.37. The summed E-state index contributed by atoms with van der Waals surface area (Å²) in [5.41, 5.74) is 1.72. The molecule has 1 atom stereocenters. The van der Waals surface area contributed by atoms with E-state index in [1.54, 1.807) is 12.3 Å². The van der Waals surface area contributed by atoms with E-state index in [0.29, 0.717) is 27.5 Å². The summed E-state index contributed by atoms with van der Waals surface area (Å²) in [4.78, 5) is 32.8. The molecule has 2 aromatic rings. The van der Waals surface area contributed by atoms with Crippen LogP contribution >= 0.6 is 34.5 Å². The molecule has 1 amide bonds. The van der Waals surface area contributed by atoms with E-state index in [2.05, 4.69) is 9.88 Å². The highest BCUT2D eigenvalue weighted by molar-refractivity contribution is 7.15. The summed E-state index contributed by atoms with van der Waals surface area (Å²) in [6, 6.07) is 5.66. The second-order valence-corrected chi connectivity index (χ2v) is 9.38. The van der Waals surface area contributed by atoms with Crippen molar-refractivity contribution in [3.63, 3.8) is 0 Å². The average molecular weight is 440 g/mol. The van der Waals surface area contributed by atoms with Gasteiger partial charge < -0.3 is 9.64 Å². The normalized spacial score (nSPS) is 21.3. The fraction of sp³-hybridized carbons (Fsp3) is 0.421. The number of ether oxygens (including phenoxy) is 1. The second-order valence-electron chi connectivity index (χ2n) is 7.19. The molecule has 28 heavy (non-hydrogen) atoms. The van der Waals surface area contributed by atoms with Crippen LogP contribution in [0.4, 0.5) is 5.69 Å². The van der Waals surface area contributed by atoms with E-state index in [1.807, 2.05) is 17.0 Å². The minimum Gasteiger partial charge on any atom is -0.468 e. The Labute approximate surface area is 177 Å². The monoisotopic (exact) mass is 439 g/mol. The van der Waals surface area contributed by atoms with Crippen LogP contribution in [-0.4, -0.2) is 55.0 Å². The molecule has 0 bridgehead atoms. The minimum atomic E-state index is -0.255. The van der Waals surface area contributed by atoms with Crippen LogP contribution in [0.5, 0.6) is 0 Å². The predicted molar refractivity (Wildman–Crippen MR) is 109 cm³/mol. The molecule has 1 saturated heterocycles. The zero-order valence-corrected chi connectivity index (χ0v) is 17.6. The van der Waals surface area contributed by atoms with Crippen LogP contribution in [0.2, 0.25) is 9.36 Å². The first-order chi connectivity index (χ1) is 13.4. The average Bonchev–Trinajstić information content (AvgIpc) is 3.34. The third-order valence-electron chi connectivity index (χ3n) is 5.42. The van der Waals surface area contributed by atoms with E-state index in [1.165, 1.54) is 18.4 Å². The molecule has 1 aromatic heterocycles. The van der Waals surface area contributed by atoms with Crippen LogP contribution in [0.1, 0.15) is 17.0 Å². The maximum atomic E-state index is 13.0. The molecule has 2 aliphatic heterocycles. The number of hydrogen-bond acceptors (Lipinski definition) is 6. The first kappa shape index (κ1) is 19.6. The molecule has 1 spiro atoms. The fourth-order valence-corrected chi connectivity index (χ4v) is 5.27. The van der Waals surface area contributed by atoms with E-state index >= 15 is 0 Å². The predicted octanol–water partition coefficient (Wildman–Crippen LogP) is 3.16. The van der Waals surface area contributed by atoms with Crippen molar-refractivity contribution in [2.45, 2.75) is 18.3 Å². The number of likely N-dealkylation sites (tertiary alicyclic amines) is 1. The van der Waals surface area contributed by atoms with Gasteiger partial charge in [-0.05, 0) is 36.7 Å². The molecule has 148 valence electrons. The first-order valence-electron chi connectivity index (χ1n) is 8.90. The third-order valence-corrected chi connectivity index (χ3v) is 6.77. The van der Waals surface area contributed by atoms with Gasteiger partial charge >= 0.3 is 5.97 Å². The molecule has 2 aliphatic rings. The van der Waals surface area contributed by atoms with Gasteiger partial charge in [-0.1, -0.05) is 23.2 Å². The van der Waals surface area contributed by atoms with E-state index in [4.69, 9.17) is 27.9 Å². The van der Waals surface area contributed by atoms with Crippen molar-refractivity contribution >= 4 is 52.1 Å². The van der Waals surface area contributed by atoms with Crippen molar-refractivity contribution in [3.8, 4) is 0 Å².